The first-order valence-electron chi connectivity index (χ1n) is 12.9. The van der Waals surface area contributed by atoms with Crippen LogP contribution >= 0.6 is 12.4 Å². The number of fused-ring (bicyclic) bond motifs is 1. The fourth-order valence-electron chi connectivity index (χ4n) is 5.28. The van der Waals surface area contributed by atoms with Gasteiger partial charge in [0.05, 0.1) is 14.2 Å². The number of benzene rings is 4. The normalized spacial score (nSPS) is 14.6. The van der Waals surface area contributed by atoms with Crippen LogP contribution in [0.4, 0.5) is 0 Å². The summed E-state index contributed by atoms with van der Waals surface area (Å²) < 4.78 is 17.7. The van der Waals surface area contributed by atoms with Crippen LogP contribution in [0.2, 0.25) is 0 Å². The highest BCUT2D eigenvalue weighted by Gasteiger charge is 2.23. The van der Waals surface area contributed by atoms with E-state index in [1.807, 2.05) is 48.5 Å². The number of hydrogen-bond donors (Lipinski definition) is 0. The Balaban J connectivity index is 0.00000320. The van der Waals surface area contributed by atoms with Crippen molar-refractivity contribution in [2.45, 2.75) is 32.1 Å². The molecule has 1 aliphatic rings. The molecule has 1 atom stereocenters. The minimum Gasteiger partial charge on any atom is -0.497 e. The van der Waals surface area contributed by atoms with Gasteiger partial charge in [-0.05, 0) is 96.9 Å². The molecule has 4 aromatic rings. The molecule has 1 aliphatic heterocycles. The molecule has 0 aromatic heterocycles. The number of nitrogens with zero attached hydrogens (tertiary/aromatic N) is 1. The lowest BCUT2D eigenvalue weighted by molar-refractivity contribution is 0.219. The summed E-state index contributed by atoms with van der Waals surface area (Å²) in [5.41, 5.74) is 3.56. The van der Waals surface area contributed by atoms with E-state index in [9.17, 15) is 0 Å². The van der Waals surface area contributed by atoms with E-state index in [-0.39, 0.29) is 12.4 Å². The average Bonchev–Trinajstić information content (AvgIpc) is 2.93. The molecule has 0 radical (unpaired) electrons. The number of ether oxygens (including phenoxy) is 3. The lowest BCUT2D eigenvalue weighted by Crippen LogP contribution is -2.33. The van der Waals surface area contributed by atoms with Crippen LogP contribution in [0.15, 0.2) is 78.9 Å². The number of rotatable bonds is 8. The highest BCUT2D eigenvalue weighted by molar-refractivity contribution is 5.98. The van der Waals surface area contributed by atoms with Crippen molar-refractivity contribution in [3.05, 3.63) is 84.4 Å². The molecule has 194 valence electrons. The Morgan fingerprint density at radius 2 is 1.43 bits per heavy atom. The zero-order valence-electron chi connectivity index (χ0n) is 21.9. The summed E-state index contributed by atoms with van der Waals surface area (Å²) >= 11 is 0. The SMILES string of the molecule is COc1ccc(-c2c(C(C)CN3CCCCC3)cc3cc(OC)ccc3c2Oc2ccccc2)cc1.Cl. The highest BCUT2D eigenvalue weighted by Crippen LogP contribution is 2.45. The van der Waals surface area contributed by atoms with E-state index in [1.54, 1.807) is 14.2 Å². The summed E-state index contributed by atoms with van der Waals surface area (Å²) in [6, 6.07) is 27.0. The van der Waals surface area contributed by atoms with E-state index >= 15 is 0 Å². The van der Waals surface area contributed by atoms with Gasteiger partial charge >= 0.3 is 0 Å². The van der Waals surface area contributed by atoms with Crippen molar-refractivity contribution in [3.8, 4) is 34.1 Å². The van der Waals surface area contributed by atoms with Crippen molar-refractivity contribution in [2.75, 3.05) is 33.9 Å². The Kier molecular flexibility index (Phi) is 8.96. The van der Waals surface area contributed by atoms with Crippen molar-refractivity contribution >= 4 is 23.2 Å². The molecule has 0 bridgehead atoms. The molecule has 0 amide bonds. The maximum absolute atomic E-state index is 6.70. The standard InChI is InChI=1S/C32H35NO3.ClH/c1-23(22-33-18-8-5-9-19-33)30-21-25-20-28(35-3)16-17-29(25)32(36-27-10-6-4-7-11-27)31(30)24-12-14-26(34-2)15-13-24;/h4,6-7,10-17,20-21,23H,5,8-9,18-19,22H2,1-3H3;1H. The molecule has 5 rings (SSSR count). The Hall–Kier alpha value is -3.21. The second kappa shape index (κ2) is 12.4. The smallest absolute Gasteiger partial charge is 0.143 e. The van der Waals surface area contributed by atoms with Gasteiger partial charge in [-0.2, -0.15) is 0 Å². The molecular formula is C32H36ClNO3. The summed E-state index contributed by atoms with van der Waals surface area (Å²) in [5, 5.41) is 2.19. The summed E-state index contributed by atoms with van der Waals surface area (Å²) in [6.07, 6.45) is 3.91. The molecule has 0 saturated carbocycles. The van der Waals surface area contributed by atoms with Crippen LogP contribution in [0.5, 0.6) is 23.0 Å². The Morgan fingerprint density at radius 3 is 2.11 bits per heavy atom. The predicted octanol–water partition coefficient (Wildman–Crippen LogP) is 8.33. The number of para-hydroxylation sites is 1. The van der Waals surface area contributed by atoms with Gasteiger partial charge in [-0.15, -0.1) is 12.4 Å². The fraction of sp³-hybridized carbons (Fsp3) is 0.312. The minimum atomic E-state index is 0. The van der Waals surface area contributed by atoms with Crippen molar-refractivity contribution in [1.82, 2.24) is 4.90 Å². The number of hydrogen-bond acceptors (Lipinski definition) is 4. The van der Waals surface area contributed by atoms with Crippen LogP contribution in [0.1, 0.15) is 37.7 Å². The Morgan fingerprint density at radius 1 is 0.757 bits per heavy atom. The van der Waals surface area contributed by atoms with Crippen LogP contribution in [0, 0.1) is 0 Å². The predicted molar refractivity (Wildman–Crippen MR) is 155 cm³/mol. The van der Waals surface area contributed by atoms with Crippen molar-refractivity contribution in [2.24, 2.45) is 0 Å². The van der Waals surface area contributed by atoms with Gasteiger partial charge < -0.3 is 19.1 Å². The van der Waals surface area contributed by atoms with Crippen LogP contribution in [0.25, 0.3) is 21.9 Å². The quantitative estimate of drug-likeness (QED) is 0.235. The van der Waals surface area contributed by atoms with Gasteiger partial charge in [0, 0.05) is 17.5 Å². The second-order valence-electron chi connectivity index (χ2n) is 9.66. The summed E-state index contributed by atoms with van der Waals surface area (Å²) in [5.74, 6) is 3.73. The molecule has 4 nitrogen and oxygen atoms in total. The van der Waals surface area contributed by atoms with Crippen LogP contribution in [-0.2, 0) is 0 Å². The molecule has 0 N–H and O–H groups in total. The molecule has 1 unspecified atom stereocenters. The number of piperidine rings is 1. The van der Waals surface area contributed by atoms with E-state index in [0.717, 1.165) is 51.4 Å². The third-order valence-corrected chi connectivity index (χ3v) is 7.18. The summed E-state index contributed by atoms with van der Waals surface area (Å²) in [6.45, 7) is 5.73. The maximum atomic E-state index is 6.70. The van der Waals surface area contributed by atoms with Gasteiger partial charge in [0.25, 0.3) is 0 Å². The van der Waals surface area contributed by atoms with Crippen LogP contribution in [-0.4, -0.2) is 38.8 Å². The van der Waals surface area contributed by atoms with E-state index in [1.165, 1.54) is 37.9 Å². The molecule has 1 saturated heterocycles. The van der Waals surface area contributed by atoms with Gasteiger partial charge in [0.2, 0.25) is 0 Å². The summed E-state index contributed by atoms with van der Waals surface area (Å²) in [7, 11) is 3.42. The topological polar surface area (TPSA) is 30.9 Å². The summed E-state index contributed by atoms with van der Waals surface area (Å²) in [4.78, 5) is 2.61. The maximum Gasteiger partial charge on any atom is 0.143 e. The lowest BCUT2D eigenvalue weighted by atomic mass is 9.87. The van der Waals surface area contributed by atoms with E-state index in [4.69, 9.17) is 14.2 Å². The molecule has 0 spiro atoms. The van der Waals surface area contributed by atoms with Gasteiger partial charge in [0.1, 0.15) is 23.0 Å². The molecule has 4 aromatic carbocycles. The van der Waals surface area contributed by atoms with Gasteiger partial charge in [-0.3, -0.25) is 0 Å². The monoisotopic (exact) mass is 517 g/mol. The second-order valence-corrected chi connectivity index (χ2v) is 9.66. The molecule has 1 heterocycles. The largest absolute Gasteiger partial charge is 0.497 e. The van der Waals surface area contributed by atoms with Crippen molar-refractivity contribution in [1.29, 1.82) is 0 Å². The van der Waals surface area contributed by atoms with Gasteiger partial charge in [-0.1, -0.05) is 43.7 Å². The fourth-order valence-corrected chi connectivity index (χ4v) is 5.28. The zero-order chi connectivity index (χ0) is 24.9. The number of methoxy groups -OCH3 is 2. The average molecular weight is 518 g/mol. The van der Waals surface area contributed by atoms with Gasteiger partial charge in [0.15, 0.2) is 0 Å². The third kappa shape index (κ3) is 6.03. The molecule has 1 fully saturated rings. The Bertz CT molecular complexity index is 1300. The van der Waals surface area contributed by atoms with E-state index < -0.39 is 0 Å². The van der Waals surface area contributed by atoms with Crippen molar-refractivity contribution < 1.29 is 14.2 Å². The van der Waals surface area contributed by atoms with Crippen LogP contribution < -0.4 is 14.2 Å². The van der Waals surface area contributed by atoms with E-state index in [0.29, 0.717) is 5.92 Å². The Labute approximate surface area is 226 Å². The molecule has 37 heavy (non-hydrogen) atoms. The third-order valence-electron chi connectivity index (χ3n) is 7.18. The first-order valence-corrected chi connectivity index (χ1v) is 12.9. The van der Waals surface area contributed by atoms with E-state index in [2.05, 4.69) is 42.2 Å². The van der Waals surface area contributed by atoms with Crippen LogP contribution in [0.3, 0.4) is 0 Å². The lowest BCUT2D eigenvalue weighted by Gasteiger charge is -2.30. The highest BCUT2D eigenvalue weighted by atomic mass is 35.5. The number of likely N-dealkylation sites (tertiary alicyclic amines) is 1. The van der Waals surface area contributed by atoms with Crippen molar-refractivity contribution in [3.63, 3.8) is 0 Å². The zero-order valence-corrected chi connectivity index (χ0v) is 22.7. The molecule has 0 aliphatic carbocycles. The molecule has 5 heteroatoms. The number of halogens is 1. The van der Waals surface area contributed by atoms with Gasteiger partial charge in [-0.25, -0.2) is 0 Å². The first-order chi connectivity index (χ1) is 17.7. The first kappa shape index (κ1) is 26.8. The minimum absolute atomic E-state index is 0. The molecular weight excluding hydrogens is 482 g/mol.